The molecule has 0 saturated heterocycles. The quantitative estimate of drug-likeness (QED) is 0.578. The van der Waals surface area contributed by atoms with Gasteiger partial charge in [0.2, 0.25) is 0 Å². The van der Waals surface area contributed by atoms with Crippen molar-refractivity contribution in [2.75, 3.05) is 0 Å². The number of hydrogen-bond acceptors (Lipinski definition) is 2. The van der Waals surface area contributed by atoms with Crippen LogP contribution >= 0.6 is 0 Å². The molecule has 2 N–H and O–H groups in total. The molecule has 0 saturated carbocycles. The number of fused-ring (bicyclic) bond motifs is 2. The van der Waals surface area contributed by atoms with Crippen LogP contribution in [0.1, 0.15) is 11.1 Å². The second-order valence-corrected chi connectivity index (χ2v) is 5.95. The van der Waals surface area contributed by atoms with Crippen molar-refractivity contribution >= 4 is 21.5 Å². The average molecular weight is 314 g/mol. The maximum Gasteiger partial charge on any atom is 0.0691 e. The predicted molar refractivity (Wildman–Crippen MR) is 98.7 cm³/mol. The molecule has 0 aliphatic carbocycles. The Balaban J connectivity index is 2.19. The molecule has 0 spiro atoms. The highest BCUT2D eigenvalue weighted by Crippen LogP contribution is 2.38. The van der Waals surface area contributed by atoms with Gasteiger partial charge in [-0.1, -0.05) is 66.7 Å². The molecule has 2 heteroatoms. The van der Waals surface area contributed by atoms with E-state index < -0.39 is 0 Å². The van der Waals surface area contributed by atoms with Gasteiger partial charge < -0.3 is 10.2 Å². The molecule has 0 aliphatic rings. The summed E-state index contributed by atoms with van der Waals surface area (Å²) in [5.74, 6) is 0. The van der Waals surface area contributed by atoms with Crippen molar-refractivity contribution < 1.29 is 10.2 Å². The lowest BCUT2D eigenvalue weighted by molar-refractivity contribution is 0.260. The Morgan fingerprint density at radius 3 is 2.04 bits per heavy atom. The van der Waals surface area contributed by atoms with Gasteiger partial charge in [0.1, 0.15) is 0 Å². The van der Waals surface area contributed by atoms with Gasteiger partial charge in [-0.15, -0.1) is 0 Å². The van der Waals surface area contributed by atoms with Gasteiger partial charge in [0.05, 0.1) is 13.2 Å². The maximum absolute atomic E-state index is 10.0. The summed E-state index contributed by atoms with van der Waals surface area (Å²) in [5.41, 5.74) is 3.67. The molecule has 0 heterocycles. The largest absolute Gasteiger partial charge is 0.392 e. The molecule has 0 aromatic heterocycles. The predicted octanol–water partition coefficient (Wildman–Crippen LogP) is 4.64. The lowest BCUT2D eigenvalue weighted by Crippen LogP contribution is -1.99. The highest BCUT2D eigenvalue weighted by molar-refractivity contribution is 6.07. The molecule has 0 unspecified atom stereocenters. The van der Waals surface area contributed by atoms with Crippen LogP contribution in [0.3, 0.4) is 0 Å². The Labute approximate surface area is 140 Å². The minimum absolute atomic E-state index is 0.0848. The van der Waals surface area contributed by atoms with Crippen LogP contribution in [-0.2, 0) is 13.2 Å². The molecule has 0 fully saturated rings. The monoisotopic (exact) mass is 314 g/mol. The van der Waals surface area contributed by atoms with Crippen LogP contribution in [0.4, 0.5) is 0 Å². The van der Waals surface area contributed by atoms with Gasteiger partial charge in [-0.25, -0.2) is 0 Å². The van der Waals surface area contributed by atoms with Crippen LogP contribution in [0.25, 0.3) is 32.7 Å². The first-order valence-electron chi connectivity index (χ1n) is 8.07. The smallest absolute Gasteiger partial charge is 0.0691 e. The van der Waals surface area contributed by atoms with Crippen molar-refractivity contribution in [3.05, 3.63) is 83.9 Å². The van der Waals surface area contributed by atoms with Crippen molar-refractivity contribution in [3.63, 3.8) is 0 Å². The number of hydrogen-bond donors (Lipinski definition) is 2. The molecule has 0 bridgehead atoms. The molecular weight excluding hydrogens is 296 g/mol. The lowest BCUT2D eigenvalue weighted by Gasteiger charge is -2.17. The van der Waals surface area contributed by atoms with Crippen molar-refractivity contribution in [2.45, 2.75) is 13.2 Å². The first-order chi connectivity index (χ1) is 11.8. The summed E-state index contributed by atoms with van der Waals surface area (Å²) in [5, 5.41) is 24.3. The third-order valence-electron chi connectivity index (χ3n) is 4.64. The van der Waals surface area contributed by atoms with Gasteiger partial charge in [-0.3, -0.25) is 0 Å². The summed E-state index contributed by atoms with van der Waals surface area (Å²) in [6.45, 7) is -0.183. The Kier molecular flexibility index (Phi) is 3.77. The Morgan fingerprint density at radius 2 is 1.29 bits per heavy atom. The molecule has 0 atom stereocenters. The topological polar surface area (TPSA) is 40.5 Å². The third kappa shape index (κ3) is 2.28. The van der Waals surface area contributed by atoms with E-state index >= 15 is 0 Å². The van der Waals surface area contributed by atoms with E-state index in [2.05, 4.69) is 30.3 Å². The zero-order chi connectivity index (χ0) is 16.5. The minimum atomic E-state index is -0.0979. The summed E-state index contributed by atoms with van der Waals surface area (Å²) >= 11 is 0. The zero-order valence-corrected chi connectivity index (χ0v) is 13.2. The van der Waals surface area contributed by atoms with E-state index in [0.717, 1.165) is 43.8 Å². The summed E-state index contributed by atoms with van der Waals surface area (Å²) < 4.78 is 0. The fourth-order valence-electron chi connectivity index (χ4n) is 3.52. The number of aliphatic hydroxyl groups excluding tert-OH is 2. The number of aliphatic hydroxyl groups is 2. The maximum atomic E-state index is 10.0. The summed E-state index contributed by atoms with van der Waals surface area (Å²) in [6.07, 6.45) is 0. The van der Waals surface area contributed by atoms with Crippen LogP contribution in [0.15, 0.2) is 72.8 Å². The van der Waals surface area contributed by atoms with Crippen molar-refractivity contribution in [3.8, 4) is 11.1 Å². The first-order valence-corrected chi connectivity index (χ1v) is 8.07. The molecule has 4 aromatic carbocycles. The van der Waals surface area contributed by atoms with Crippen LogP contribution < -0.4 is 0 Å². The highest BCUT2D eigenvalue weighted by Gasteiger charge is 2.15. The molecule has 118 valence electrons. The van der Waals surface area contributed by atoms with Crippen molar-refractivity contribution in [2.24, 2.45) is 0 Å². The average Bonchev–Trinajstić information content (AvgIpc) is 2.66. The molecule has 0 radical (unpaired) electrons. The minimum Gasteiger partial charge on any atom is -0.392 e. The first kappa shape index (κ1) is 14.9. The second kappa shape index (κ2) is 6.08. The molecule has 4 rings (SSSR count). The van der Waals surface area contributed by atoms with Crippen molar-refractivity contribution in [1.29, 1.82) is 0 Å². The van der Waals surface area contributed by atoms with Gasteiger partial charge in [0, 0.05) is 0 Å². The molecule has 2 nitrogen and oxygen atoms in total. The van der Waals surface area contributed by atoms with Crippen molar-refractivity contribution in [1.82, 2.24) is 0 Å². The fourth-order valence-corrected chi connectivity index (χ4v) is 3.52. The normalized spacial score (nSPS) is 11.2. The van der Waals surface area contributed by atoms with E-state index in [9.17, 15) is 10.2 Å². The highest BCUT2D eigenvalue weighted by atomic mass is 16.3. The van der Waals surface area contributed by atoms with Gasteiger partial charge in [0.25, 0.3) is 0 Å². The second-order valence-electron chi connectivity index (χ2n) is 5.95. The molecule has 0 aliphatic heterocycles. The van der Waals surface area contributed by atoms with E-state index in [1.165, 1.54) is 0 Å². The number of rotatable bonds is 3. The zero-order valence-electron chi connectivity index (χ0n) is 13.2. The van der Waals surface area contributed by atoms with Crippen LogP contribution in [0.5, 0.6) is 0 Å². The standard InChI is InChI=1S/C22H18O2/c23-13-17-12-16-7-2-4-10-19(16)22(21(17)14-24)20-11-5-8-15-6-1-3-9-18(15)20/h1-12,23-24H,13-14H2. The summed E-state index contributed by atoms with van der Waals surface area (Å²) in [7, 11) is 0. The molecule has 4 aromatic rings. The van der Waals surface area contributed by atoms with Gasteiger partial charge in [-0.05, 0) is 49.9 Å². The van der Waals surface area contributed by atoms with Crippen LogP contribution in [0.2, 0.25) is 0 Å². The van der Waals surface area contributed by atoms with Gasteiger partial charge in [-0.2, -0.15) is 0 Å². The SMILES string of the molecule is OCc1cc2ccccc2c(-c2cccc3ccccc23)c1CO. The number of benzene rings is 4. The van der Waals surface area contributed by atoms with E-state index in [0.29, 0.717) is 0 Å². The molecule has 0 amide bonds. The summed E-state index contributed by atoms with van der Waals surface area (Å²) in [6, 6.07) is 24.6. The van der Waals surface area contributed by atoms with Gasteiger partial charge in [0.15, 0.2) is 0 Å². The Morgan fingerprint density at radius 1 is 0.625 bits per heavy atom. The van der Waals surface area contributed by atoms with E-state index in [1.54, 1.807) is 0 Å². The van der Waals surface area contributed by atoms with Gasteiger partial charge >= 0.3 is 0 Å². The van der Waals surface area contributed by atoms with E-state index in [1.807, 2.05) is 42.5 Å². The van der Waals surface area contributed by atoms with Crippen LogP contribution in [0, 0.1) is 0 Å². The van der Waals surface area contributed by atoms with Crippen LogP contribution in [-0.4, -0.2) is 10.2 Å². The summed E-state index contributed by atoms with van der Waals surface area (Å²) in [4.78, 5) is 0. The Hall–Kier alpha value is -2.68. The lowest BCUT2D eigenvalue weighted by atomic mass is 9.88. The van der Waals surface area contributed by atoms with E-state index in [-0.39, 0.29) is 13.2 Å². The third-order valence-corrected chi connectivity index (χ3v) is 4.64. The molecular formula is C22H18O2. The fraction of sp³-hybridized carbons (Fsp3) is 0.0909. The van der Waals surface area contributed by atoms with E-state index in [4.69, 9.17) is 0 Å². The Bertz CT molecular complexity index is 1030. The molecule has 24 heavy (non-hydrogen) atoms.